The molecule has 0 bridgehead atoms. The summed E-state index contributed by atoms with van der Waals surface area (Å²) in [6.45, 7) is 0. The van der Waals surface area contributed by atoms with Crippen LogP contribution >= 0.6 is 27.5 Å². The molecule has 0 fully saturated rings. The molecule has 60 valence electrons. The Bertz CT molecular complexity index is 196. The highest BCUT2D eigenvalue weighted by atomic mass is 79.9. The Hall–Kier alpha value is -0.0100. The van der Waals surface area contributed by atoms with Crippen LogP contribution in [0.1, 0.15) is 12.0 Å². The third kappa shape index (κ3) is 3.78. The molecule has 1 rings (SSSR count). The second-order valence-corrected chi connectivity index (χ2v) is 4.57. The topological polar surface area (TPSA) is 0 Å². The first-order valence-corrected chi connectivity index (χ1v) is 4.96. The van der Waals surface area contributed by atoms with Crippen LogP contribution in [0.5, 0.6) is 0 Å². The molecule has 1 aromatic carbocycles. The molecule has 0 heterocycles. The van der Waals surface area contributed by atoms with Crippen molar-refractivity contribution in [3.63, 3.8) is 0 Å². The zero-order valence-corrected chi connectivity index (χ0v) is 8.48. The fourth-order valence-electron chi connectivity index (χ4n) is 0.920. The third-order valence-electron chi connectivity index (χ3n) is 1.49. The van der Waals surface area contributed by atoms with Crippen molar-refractivity contribution < 1.29 is 0 Å². The van der Waals surface area contributed by atoms with Crippen LogP contribution in [0.3, 0.4) is 0 Å². The van der Waals surface area contributed by atoms with E-state index in [1.165, 1.54) is 5.56 Å². The molecule has 0 aliphatic heterocycles. The Morgan fingerprint density at radius 1 is 1.27 bits per heavy atom. The van der Waals surface area contributed by atoms with E-state index in [1.807, 2.05) is 18.2 Å². The number of hydrogen-bond donors (Lipinski definition) is 0. The Balaban J connectivity index is 2.39. The molecule has 0 spiro atoms. The predicted molar refractivity (Wildman–Crippen MR) is 53.3 cm³/mol. The van der Waals surface area contributed by atoms with Gasteiger partial charge in [-0.05, 0) is 18.4 Å². The number of halogens is 2. The van der Waals surface area contributed by atoms with Crippen LogP contribution in [-0.4, -0.2) is 4.29 Å². The minimum atomic E-state index is 0.0997. The van der Waals surface area contributed by atoms with Gasteiger partial charge in [0, 0.05) is 0 Å². The highest BCUT2D eigenvalue weighted by molar-refractivity contribution is 9.10. The average molecular weight is 234 g/mol. The number of hydrogen-bond acceptors (Lipinski definition) is 0. The van der Waals surface area contributed by atoms with Crippen molar-refractivity contribution in [3.05, 3.63) is 35.9 Å². The van der Waals surface area contributed by atoms with E-state index in [2.05, 4.69) is 28.1 Å². The van der Waals surface area contributed by atoms with Gasteiger partial charge in [-0.3, -0.25) is 0 Å². The summed E-state index contributed by atoms with van der Waals surface area (Å²) in [6.07, 6.45) is 2.02. The molecule has 2 heteroatoms. The molecule has 0 saturated carbocycles. The van der Waals surface area contributed by atoms with Crippen molar-refractivity contribution in [2.75, 3.05) is 0 Å². The fourth-order valence-corrected chi connectivity index (χ4v) is 1.26. The molecule has 0 aliphatic rings. The minimum absolute atomic E-state index is 0.0997. The van der Waals surface area contributed by atoms with Gasteiger partial charge in [-0.2, -0.15) is 0 Å². The van der Waals surface area contributed by atoms with Gasteiger partial charge in [0.1, 0.15) is 0 Å². The molecule has 0 nitrogen and oxygen atoms in total. The maximum Gasteiger partial charge on any atom is 0.0889 e. The first-order chi connectivity index (χ1) is 5.29. The summed E-state index contributed by atoms with van der Waals surface area (Å²) >= 11 is 9.04. The Morgan fingerprint density at radius 2 is 1.91 bits per heavy atom. The van der Waals surface area contributed by atoms with E-state index in [0.717, 1.165) is 12.8 Å². The van der Waals surface area contributed by atoms with E-state index >= 15 is 0 Å². The zero-order valence-electron chi connectivity index (χ0n) is 6.13. The summed E-state index contributed by atoms with van der Waals surface area (Å²) in [7, 11) is 0. The summed E-state index contributed by atoms with van der Waals surface area (Å²) in [6, 6.07) is 10.4. The molecular weight excluding hydrogens is 223 g/mol. The molecule has 11 heavy (non-hydrogen) atoms. The van der Waals surface area contributed by atoms with E-state index in [-0.39, 0.29) is 4.29 Å². The van der Waals surface area contributed by atoms with Crippen LogP contribution in [0, 0.1) is 0 Å². The molecule has 1 atom stereocenters. The lowest BCUT2D eigenvalue weighted by Crippen LogP contribution is -1.90. The minimum Gasteiger partial charge on any atom is -0.110 e. The van der Waals surface area contributed by atoms with Crippen molar-refractivity contribution >= 4 is 27.5 Å². The van der Waals surface area contributed by atoms with E-state index in [4.69, 9.17) is 11.6 Å². The van der Waals surface area contributed by atoms with Crippen LogP contribution in [0.15, 0.2) is 30.3 Å². The maximum absolute atomic E-state index is 5.74. The van der Waals surface area contributed by atoms with Gasteiger partial charge < -0.3 is 0 Å². The quantitative estimate of drug-likeness (QED) is 0.700. The predicted octanol–water partition coefficient (Wildman–Crippen LogP) is 3.58. The van der Waals surface area contributed by atoms with Crippen molar-refractivity contribution in [1.82, 2.24) is 0 Å². The van der Waals surface area contributed by atoms with Gasteiger partial charge in [0.05, 0.1) is 4.29 Å². The Morgan fingerprint density at radius 3 is 2.45 bits per heavy atom. The monoisotopic (exact) mass is 232 g/mol. The molecule has 0 aliphatic carbocycles. The molecule has 0 radical (unpaired) electrons. The van der Waals surface area contributed by atoms with Crippen LogP contribution in [-0.2, 0) is 6.42 Å². The number of rotatable bonds is 3. The molecular formula is C9H10BrCl. The lowest BCUT2D eigenvalue weighted by molar-refractivity contribution is 0.906. The van der Waals surface area contributed by atoms with E-state index in [9.17, 15) is 0 Å². The van der Waals surface area contributed by atoms with Crippen LogP contribution in [0.4, 0.5) is 0 Å². The molecule has 1 aromatic rings. The standard InChI is InChI=1S/C9H10BrCl/c10-9(11)7-6-8-4-2-1-3-5-8/h1-5,9H,6-7H2. The van der Waals surface area contributed by atoms with Crippen LogP contribution < -0.4 is 0 Å². The van der Waals surface area contributed by atoms with Crippen LogP contribution in [0.2, 0.25) is 0 Å². The molecule has 0 aromatic heterocycles. The van der Waals surface area contributed by atoms with Gasteiger partial charge in [0.25, 0.3) is 0 Å². The van der Waals surface area contributed by atoms with Gasteiger partial charge >= 0.3 is 0 Å². The highest BCUT2D eigenvalue weighted by Crippen LogP contribution is 2.13. The smallest absolute Gasteiger partial charge is 0.0889 e. The van der Waals surface area contributed by atoms with E-state index in [0.29, 0.717) is 0 Å². The summed E-state index contributed by atoms with van der Waals surface area (Å²) in [4.78, 5) is 0. The van der Waals surface area contributed by atoms with Crippen molar-refractivity contribution in [1.29, 1.82) is 0 Å². The molecule has 1 unspecified atom stereocenters. The number of benzene rings is 1. The van der Waals surface area contributed by atoms with Gasteiger partial charge in [0.15, 0.2) is 0 Å². The largest absolute Gasteiger partial charge is 0.110 e. The lowest BCUT2D eigenvalue weighted by atomic mass is 10.1. The van der Waals surface area contributed by atoms with Gasteiger partial charge in [-0.1, -0.05) is 46.3 Å². The first-order valence-electron chi connectivity index (χ1n) is 3.61. The molecule has 0 amide bonds. The van der Waals surface area contributed by atoms with E-state index < -0.39 is 0 Å². The van der Waals surface area contributed by atoms with Gasteiger partial charge in [0.2, 0.25) is 0 Å². The van der Waals surface area contributed by atoms with Crippen molar-refractivity contribution in [2.24, 2.45) is 0 Å². The highest BCUT2D eigenvalue weighted by Gasteiger charge is 1.97. The zero-order chi connectivity index (χ0) is 8.10. The normalized spacial score (nSPS) is 12.9. The van der Waals surface area contributed by atoms with E-state index in [1.54, 1.807) is 0 Å². The average Bonchev–Trinajstić information content (AvgIpc) is 2.03. The summed E-state index contributed by atoms with van der Waals surface area (Å²) < 4.78 is 0.0997. The maximum atomic E-state index is 5.74. The third-order valence-corrected chi connectivity index (χ3v) is 2.17. The lowest BCUT2D eigenvalue weighted by Gasteiger charge is -2.00. The second kappa shape index (κ2) is 4.78. The van der Waals surface area contributed by atoms with Crippen molar-refractivity contribution in [3.8, 4) is 0 Å². The van der Waals surface area contributed by atoms with Gasteiger partial charge in [-0.15, -0.1) is 11.6 Å². The molecule has 0 saturated heterocycles. The fraction of sp³-hybridized carbons (Fsp3) is 0.333. The second-order valence-electron chi connectivity index (χ2n) is 2.42. The molecule has 0 N–H and O–H groups in total. The summed E-state index contributed by atoms with van der Waals surface area (Å²) in [5.74, 6) is 0. The Kier molecular flexibility index (Phi) is 3.95. The van der Waals surface area contributed by atoms with Gasteiger partial charge in [-0.25, -0.2) is 0 Å². The van der Waals surface area contributed by atoms with Crippen molar-refractivity contribution in [2.45, 2.75) is 17.1 Å². The SMILES string of the molecule is ClC(Br)CCc1ccccc1. The summed E-state index contributed by atoms with van der Waals surface area (Å²) in [5.41, 5.74) is 1.35. The van der Waals surface area contributed by atoms with Crippen LogP contribution in [0.25, 0.3) is 0 Å². The first kappa shape index (κ1) is 9.08. The summed E-state index contributed by atoms with van der Waals surface area (Å²) in [5, 5.41) is 0. The number of alkyl halides is 2. The Labute approximate surface area is 80.7 Å². The number of aryl methyl sites for hydroxylation is 1.